The maximum absolute atomic E-state index is 13.2. The normalized spacial score (nSPS) is 11.8. The first kappa shape index (κ1) is 23.2. The Kier molecular flexibility index (Phi) is 7.76. The number of ether oxygens (including phenoxy) is 3. The number of hydrogen-bond donors (Lipinski definition) is 1. The third kappa shape index (κ3) is 5.60. The second-order valence-corrected chi connectivity index (χ2v) is 7.97. The first-order valence-corrected chi connectivity index (χ1v) is 10.7. The third-order valence-electron chi connectivity index (χ3n) is 5.22. The quantitative estimate of drug-likeness (QED) is 0.509. The Labute approximate surface area is 189 Å². The van der Waals surface area contributed by atoms with Crippen LogP contribution < -0.4 is 19.5 Å². The summed E-state index contributed by atoms with van der Waals surface area (Å²) in [6.07, 6.45) is 4.51. The Morgan fingerprint density at radius 2 is 1.81 bits per heavy atom. The Morgan fingerprint density at radius 3 is 2.41 bits per heavy atom. The van der Waals surface area contributed by atoms with Crippen molar-refractivity contribution in [1.82, 2.24) is 14.9 Å². The van der Waals surface area contributed by atoms with Crippen LogP contribution >= 0.6 is 0 Å². The SMILES string of the molecule is COc1ccc(C(NC(=O)c2ccc(OCCC(C)C)c(OC)c2)c2nccn2C)cc1. The maximum Gasteiger partial charge on any atom is 0.252 e. The summed E-state index contributed by atoms with van der Waals surface area (Å²) in [7, 11) is 5.09. The lowest BCUT2D eigenvalue weighted by Crippen LogP contribution is -2.31. The molecule has 0 fully saturated rings. The highest BCUT2D eigenvalue weighted by Gasteiger charge is 2.22. The number of nitrogens with zero attached hydrogens (tertiary/aromatic N) is 2. The fourth-order valence-corrected chi connectivity index (χ4v) is 3.30. The number of carbonyl (C=O) groups excluding carboxylic acids is 1. The van der Waals surface area contributed by atoms with E-state index in [2.05, 4.69) is 24.1 Å². The predicted octanol–water partition coefficient (Wildman–Crippen LogP) is 4.38. The van der Waals surface area contributed by atoms with Crippen molar-refractivity contribution in [1.29, 1.82) is 0 Å². The van der Waals surface area contributed by atoms with E-state index in [9.17, 15) is 4.79 Å². The van der Waals surface area contributed by atoms with Gasteiger partial charge in [-0.3, -0.25) is 4.79 Å². The highest BCUT2D eigenvalue weighted by atomic mass is 16.5. The molecular weight excluding hydrogens is 406 g/mol. The van der Waals surface area contributed by atoms with Crippen molar-refractivity contribution in [3.63, 3.8) is 0 Å². The maximum atomic E-state index is 13.2. The second-order valence-electron chi connectivity index (χ2n) is 7.97. The summed E-state index contributed by atoms with van der Waals surface area (Å²) in [5.74, 6) is 2.94. The van der Waals surface area contributed by atoms with Crippen LogP contribution in [0.25, 0.3) is 0 Å². The van der Waals surface area contributed by atoms with E-state index >= 15 is 0 Å². The van der Waals surface area contributed by atoms with Gasteiger partial charge in [0.05, 0.1) is 20.8 Å². The summed E-state index contributed by atoms with van der Waals surface area (Å²) in [5, 5.41) is 3.10. The van der Waals surface area contributed by atoms with Crippen LogP contribution in [0.1, 0.15) is 48.1 Å². The van der Waals surface area contributed by atoms with Crippen LogP contribution in [-0.4, -0.2) is 36.3 Å². The molecule has 1 unspecified atom stereocenters. The van der Waals surface area contributed by atoms with Crippen LogP contribution in [0.2, 0.25) is 0 Å². The summed E-state index contributed by atoms with van der Waals surface area (Å²) < 4.78 is 18.5. The zero-order valence-corrected chi connectivity index (χ0v) is 19.3. The average molecular weight is 438 g/mol. The third-order valence-corrected chi connectivity index (χ3v) is 5.22. The smallest absolute Gasteiger partial charge is 0.252 e. The molecule has 0 saturated carbocycles. The summed E-state index contributed by atoms with van der Waals surface area (Å²) in [6, 6.07) is 12.4. The van der Waals surface area contributed by atoms with Gasteiger partial charge < -0.3 is 24.1 Å². The molecule has 0 spiro atoms. The molecule has 1 atom stereocenters. The molecule has 1 amide bonds. The van der Waals surface area contributed by atoms with E-state index < -0.39 is 6.04 Å². The number of carbonyl (C=O) groups is 1. The highest BCUT2D eigenvalue weighted by molar-refractivity contribution is 5.95. The molecule has 0 radical (unpaired) electrons. The Balaban J connectivity index is 1.83. The van der Waals surface area contributed by atoms with Crippen molar-refractivity contribution in [2.45, 2.75) is 26.3 Å². The summed E-state index contributed by atoms with van der Waals surface area (Å²) in [4.78, 5) is 17.6. The number of rotatable bonds is 10. The van der Waals surface area contributed by atoms with Gasteiger partial charge in [0.2, 0.25) is 0 Å². The molecule has 3 rings (SSSR count). The minimum absolute atomic E-state index is 0.235. The molecule has 2 aromatic carbocycles. The van der Waals surface area contributed by atoms with Crippen molar-refractivity contribution in [2.24, 2.45) is 13.0 Å². The largest absolute Gasteiger partial charge is 0.497 e. The topological polar surface area (TPSA) is 74.6 Å². The standard InChI is InChI=1S/C25H31N3O4/c1-17(2)12-15-32-21-11-8-19(16-22(21)31-5)25(29)27-23(24-26-13-14-28(24)3)18-6-9-20(30-4)10-7-18/h6-11,13-14,16-17,23H,12,15H2,1-5H3,(H,27,29). The van der Waals surface area contributed by atoms with Gasteiger partial charge in [-0.1, -0.05) is 26.0 Å². The molecule has 0 aliphatic carbocycles. The van der Waals surface area contributed by atoms with Gasteiger partial charge in [0, 0.05) is 25.0 Å². The molecule has 3 aromatic rings. The van der Waals surface area contributed by atoms with E-state index in [0.717, 1.165) is 23.6 Å². The molecular formula is C25H31N3O4. The van der Waals surface area contributed by atoms with Crippen LogP contribution in [0.4, 0.5) is 0 Å². The van der Waals surface area contributed by atoms with Crippen molar-refractivity contribution >= 4 is 5.91 Å². The number of aryl methyl sites for hydroxylation is 1. The second kappa shape index (κ2) is 10.7. The van der Waals surface area contributed by atoms with Crippen LogP contribution in [-0.2, 0) is 7.05 Å². The lowest BCUT2D eigenvalue weighted by molar-refractivity contribution is 0.0940. The van der Waals surface area contributed by atoms with Crippen molar-refractivity contribution in [3.8, 4) is 17.2 Å². The van der Waals surface area contributed by atoms with E-state index in [1.807, 2.05) is 42.1 Å². The first-order chi connectivity index (χ1) is 15.4. The molecule has 7 nitrogen and oxygen atoms in total. The van der Waals surface area contributed by atoms with Crippen LogP contribution in [0.15, 0.2) is 54.9 Å². The van der Waals surface area contributed by atoms with Crippen molar-refractivity contribution < 1.29 is 19.0 Å². The average Bonchev–Trinajstić information content (AvgIpc) is 3.22. The van der Waals surface area contributed by atoms with E-state index in [4.69, 9.17) is 14.2 Å². The molecule has 170 valence electrons. The zero-order valence-electron chi connectivity index (χ0n) is 19.3. The fourth-order valence-electron chi connectivity index (χ4n) is 3.30. The van der Waals surface area contributed by atoms with Crippen molar-refractivity contribution in [3.05, 3.63) is 71.8 Å². The summed E-state index contributed by atoms with van der Waals surface area (Å²) >= 11 is 0. The van der Waals surface area contributed by atoms with E-state index in [1.54, 1.807) is 38.6 Å². The number of amides is 1. The molecule has 1 N–H and O–H groups in total. The van der Waals surface area contributed by atoms with Gasteiger partial charge >= 0.3 is 0 Å². The van der Waals surface area contributed by atoms with Gasteiger partial charge in [-0.15, -0.1) is 0 Å². The summed E-state index contributed by atoms with van der Waals surface area (Å²) in [5.41, 5.74) is 1.37. The number of aromatic nitrogens is 2. The lowest BCUT2D eigenvalue weighted by atomic mass is 10.0. The molecule has 0 aliphatic heterocycles. The minimum atomic E-state index is -0.429. The van der Waals surface area contributed by atoms with Gasteiger partial charge in [-0.05, 0) is 48.2 Å². The van der Waals surface area contributed by atoms with Gasteiger partial charge in [0.1, 0.15) is 17.6 Å². The monoisotopic (exact) mass is 437 g/mol. The van der Waals surface area contributed by atoms with Gasteiger partial charge in [0.15, 0.2) is 11.5 Å². The first-order valence-electron chi connectivity index (χ1n) is 10.7. The highest BCUT2D eigenvalue weighted by Crippen LogP contribution is 2.29. The fraction of sp³-hybridized carbons (Fsp3) is 0.360. The number of methoxy groups -OCH3 is 2. The Morgan fingerprint density at radius 1 is 1.06 bits per heavy atom. The van der Waals surface area contributed by atoms with E-state index in [1.165, 1.54) is 0 Å². The Bertz CT molecular complexity index is 1030. The molecule has 1 heterocycles. The molecule has 0 saturated heterocycles. The number of imidazole rings is 1. The molecule has 32 heavy (non-hydrogen) atoms. The molecule has 1 aromatic heterocycles. The van der Waals surface area contributed by atoms with E-state index in [0.29, 0.717) is 29.6 Å². The molecule has 0 aliphatic rings. The van der Waals surface area contributed by atoms with Gasteiger partial charge in [-0.2, -0.15) is 0 Å². The van der Waals surface area contributed by atoms with Crippen molar-refractivity contribution in [2.75, 3.05) is 20.8 Å². The van der Waals surface area contributed by atoms with Gasteiger partial charge in [0.25, 0.3) is 5.91 Å². The lowest BCUT2D eigenvalue weighted by Gasteiger charge is -2.20. The van der Waals surface area contributed by atoms with Crippen LogP contribution in [0, 0.1) is 5.92 Å². The Hall–Kier alpha value is -3.48. The van der Waals surface area contributed by atoms with E-state index in [-0.39, 0.29) is 5.91 Å². The predicted molar refractivity (Wildman–Crippen MR) is 123 cm³/mol. The minimum Gasteiger partial charge on any atom is -0.497 e. The summed E-state index contributed by atoms with van der Waals surface area (Å²) in [6.45, 7) is 4.89. The zero-order chi connectivity index (χ0) is 23.1. The van der Waals surface area contributed by atoms with Crippen LogP contribution in [0.3, 0.4) is 0 Å². The molecule has 7 heteroatoms. The number of benzene rings is 2. The number of hydrogen-bond acceptors (Lipinski definition) is 5. The molecule has 0 bridgehead atoms. The van der Waals surface area contributed by atoms with Crippen LogP contribution in [0.5, 0.6) is 17.2 Å². The van der Waals surface area contributed by atoms with Gasteiger partial charge in [-0.25, -0.2) is 4.98 Å². The number of nitrogens with one attached hydrogen (secondary N) is 1.